The summed E-state index contributed by atoms with van der Waals surface area (Å²) in [6.07, 6.45) is 3.51. The van der Waals surface area contributed by atoms with E-state index in [4.69, 9.17) is 14.2 Å². The average Bonchev–Trinajstić information content (AvgIpc) is 2.56. The Morgan fingerprint density at radius 3 is 2.38 bits per heavy atom. The highest BCUT2D eigenvalue weighted by Gasteiger charge is 2.23. The molecule has 0 atom stereocenters. The van der Waals surface area contributed by atoms with Gasteiger partial charge in [0.2, 0.25) is 0 Å². The van der Waals surface area contributed by atoms with Crippen LogP contribution in [0, 0.1) is 0 Å². The fourth-order valence-corrected chi connectivity index (χ4v) is 2.63. The Labute approximate surface area is 142 Å². The number of Topliss-reactive ketones (excluding diaryl/α,β-unsaturated/α-hetero) is 1. The van der Waals surface area contributed by atoms with Crippen molar-refractivity contribution in [2.75, 3.05) is 7.11 Å². The Morgan fingerprint density at radius 1 is 1.08 bits per heavy atom. The van der Waals surface area contributed by atoms with Crippen molar-refractivity contribution in [3.05, 3.63) is 53.6 Å². The molecule has 1 aliphatic rings. The zero-order valence-corrected chi connectivity index (χ0v) is 14.1. The average molecular weight is 326 g/mol. The number of benzene rings is 2. The van der Waals surface area contributed by atoms with Gasteiger partial charge in [-0.05, 0) is 56.0 Å². The second kappa shape index (κ2) is 7.39. The predicted molar refractivity (Wildman–Crippen MR) is 92.0 cm³/mol. The molecule has 0 amide bonds. The van der Waals surface area contributed by atoms with Gasteiger partial charge in [-0.15, -0.1) is 0 Å². The van der Waals surface area contributed by atoms with Gasteiger partial charge in [0.25, 0.3) is 0 Å². The van der Waals surface area contributed by atoms with Gasteiger partial charge < -0.3 is 14.2 Å². The molecule has 0 aliphatic heterocycles. The molecule has 2 aromatic carbocycles. The molecule has 3 rings (SSSR count). The standard InChI is InChI=1S/C20H22O4/c1-14(21)20-18(7-4-8-19(20)24-17-5-3-6-17)23-13-15-9-11-16(22-2)12-10-15/h4,7-12,17H,3,5-6,13H2,1-2H3. The fourth-order valence-electron chi connectivity index (χ4n) is 2.63. The molecule has 24 heavy (non-hydrogen) atoms. The van der Waals surface area contributed by atoms with Crippen LogP contribution in [0.25, 0.3) is 0 Å². The van der Waals surface area contributed by atoms with Crippen molar-refractivity contribution in [1.82, 2.24) is 0 Å². The zero-order chi connectivity index (χ0) is 16.9. The minimum Gasteiger partial charge on any atom is -0.497 e. The molecule has 0 heterocycles. The van der Waals surface area contributed by atoms with E-state index in [1.165, 1.54) is 6.42 Å². The Morgan fingerprint density at radius 2 is 1.79 bits per heavy atom. The highest BCUT2D eigenvalue weighted by molar-refractivity contribution is 5.99. The maximum absolute atomic E-state index is 12.1. The lowest BCUT2D eigenvalue weighted by Gasteiger charge is -2.27. The summed E-state index contributed by atoms with van der Waals surface area (Å²) in [5.74, 6) is 1.95. The number of hydrogen-bond acceptors (Lipinski definition) is 4. The second-order valence-corrected chi connectivity index (χ2v) is 5.99. The number of rotatable bonds is 7. The van der Waals surface area contributed by atoms with Gasteiger partial charge in [0.1, 0.15) is 29.4 Å². The summed E-state index contributed by atoms with van der Waals surface area (Å²) in [6.45, 7) is 1.93. The summed E-state index contributed by atoms with van der Waals surface area (Å²) in [7, 11) is 1.64. The third kappa shape index (κ3) is 3.70. The number of carbonyl (C=O) groups is 1. The molecule has 4 heteroatoms. The van der Waals surface area contributed by atoms with Crippen LogP contribution in [-0.4, -0.2) is 19.0 Å². The topological polar surface area (TPSA) is 44.8 Å². The maximum Gasteiger partial charge on any atom is 0.167 e. The van der Waals surface area contributed by atoms with Crippen molar-refractivity contribution >= 4 is 5.78 Å². The van der Waals surface area contributed by atoms with E-state index in [0.717, 1.165) is 24.2 Å². The molecular weight excluding hydrogens is 304 g/mol. The third-order valence-corrected chi connectivity index (χ3v) is 4.24. The van der Waals surface area contributed by atoms with E-state index in [-0.39, 0.29) is 11.9 Å². The van der Waals surface area contributed by atoms with Gasteiger partial charge in [-0.3, -0.25) is 4.79 Å². The van der Waals surface area contributed by atoms with Crippen LogP contribution in [-0.2, 0) is 6.61 Å². The molecule has 126 valence electrons. The molecule has 1 fully saturated rings. The van der Waals surface area contributed by atoms with Crippen molar-refractivity contribution in [3.63, 3.8) is 0 Å². The maximum atomic E-state index is 12.1. The molecular formula is C20H22O4. The first kappa shape index (κ1) is 16.4. The molecule has 1 aliphatic carbocycles. The van der Waals surface area contributed by atoms with Gasteiger partial charge in [-0.2, -0.15) is 0 Å². The molecule has 0 N–H and O–H groups in total. The van der Waals surface area contributed by atoms with Gasteiger partial charge in [-0.1, -0.05) is 18.2 Å². The minimum absolute atomic E-state index is 0.0466. The Hall–Kier alpha value is -2.49. The van der Waals surface area contributed by atoms with Crippen molar-refractivity contribution in [2.24, 2.45) is 0 Å². The normalized spacial score (nSPS) is 13.9. The first-order valence-corrected chi connectivity index (χ1v) is 8.23. The smallest absolute Gasteiger partial charge is 0.167 e. The molecule has 4 nitrogen and oxygen atoms in total. The number of ether oxygens (including phenoxy) is 3. The predicted octanol–water partition coefficient (Wildman–Crippen LogP) is 4.41. The van der Waals surface area contributed by atoms with Crippen LogP contribution < -0.4 is 14.2 Å². The van der Waals surface area contributed by atoms with Crippen molar-refractivity contribution in [1.29, 1.82) is 0 Å². The van der Waals surface area contributed by atoms with Gasteiger partial charge in [0, 0.05) is 0 Å². The van der Waals surface area contributed by atoms with Gasteiger partial charge in [-0.25, -0.2) is 0 Å². The summed E-state index contributed by atoms with van der Waals surface area (Å²) in [5, 5.41) is 0. The Balaban J connectivity index is 1.75. The molecule has 0 radical (unpaired) electrons. The second-order valence-electron chi connectivity index (χ2n) is 5.99. The van der Waals surface area contributed by atoms with Crippen LogP contribution in [0.15, 0.2) is 42.5 Å². The quantitative estimate of drug-likeness (QED) is 0.707. The Kier molecular flexibility index (Phi) is 5.04. The largest absolute Gasteiger partial charge is 0.497 e. The van der Waals surface area contributed by atoms with E-state index < -0.39 is 0 Å². The third-order valence-electron chi connectivity index (χ3n) is 4.24. The van der Waals surface area contributed by atoms with Crippen LogP contribution in [0.1, 0.15) is 42.1 Å². The van der Waals surface area contributed by atoms with Crippen LogP contribution in [0.2, 0.25) is 0 Å². The lowest BCUT2D eigenvalue weighted by molar-refractivity contribution is 0.0976. The molecule has 0 unspecified atom stereocenters. The summed E-state index contributed by atoms with van der Waals surface area (Å²) in [6, 6.07) is 13.2. The summed E-state index contributed by atoms with van der Waals surface area (Å²) in [5.41, 5.74) is 1.54. The first-order valence-electron chi connectivity index (χ1n) is 8.23. The van der Waals surface area contributed by atoms with Crippen LogP contribution in [0.3, 0.4) is 0 Å². The van der Waals surface area contributed by atoms with Crippen molar-refractivity contribution < 1.29 is 19.0 Å². The van der Waals surface area contributed by atoms with Gasteiger partial charge in [0.15, 0.2) is 5.78 Å². The van der Waals surface area contributed by atoms with Crippen molar-refractivity contribution in [2.45, 2.75) is 38.9 Å². The highest BCUT2D eigenvalue weighted by atomic mass is 16.5. The minimum atomic E-state index is -0.0466. The van der Waals surface area contributed by atoms with Crippen LogP contribution >= 0.6 is 0 Å². The lowest BCUT2D eigenvalue weighted by Crippen LogP contribution is -2.25. The number of hydrogen-bond donors (Lipinski definition) is 0. The van der Waals surface area contributed by atoms with E-state index in [1.54, 1.807) is 14.0 Å². The van der Waals surface area contributed by atoms with Crippen molar-refractivity contribution in [3.8, 4) is 17.2 Å². The molecule has 0 saturated heterocycles. The van der Waals surface area contributed by atoms with E-state index in [0.29, 0.717) is 23.7 Å². The van der Waals surface area contributed by atoms with Gasteiger partial charge in [0.05, 0.1) is 13.2 Å². The van der Waals surface area contributed by atoms with E-state index >= 15 is 0 Å². The lowest BCUT2D eigenvalue weighted by atomic mass is 9.96. The highest BCUT2D eigenvalue weighted by Crippen LogP contribution is 2.33. The molecule has 0 aromatic heterocycles. The van der Waals surface area contributed by atoms with Crippen LogP contribution in [0.5, 0.6) is 17.2 Å². The van der Waals surface area contributed by atoms with E-state index in [9.17, 15) is 4.79 Å². The summed E-state index contributed by atoms with van der Waals surface area (Å²) < 4.78 is 17.0. The monoisotopic (exact) mass is 326 g/mol. The number of ketones is 1. The van der Waals surface area contributed by atoms with Crippen LogP contribution in [0.4, 0.5) is 0 Å². The molecule has 0 bridgehead atoms. The van der Waals surface area contributed by atoms with E-state index in [2.05, 4.69) is 0 Å². The summed E-state index contributed by atoms with van der Waals surface area (Å²) >= 11 is 0. The number of methoxy groups -OCH3 is 1. The summed E-state index contributed by atoms with van der Waals surface area (Å²) in [4.78, 5) is 12.1. The fraction of sp³-hybridized carbons (Fsp3) is 0.350. The molecule has 2 aromatic rings. The SMILES string of the molecule is COc1ccc(COc2cccc(OC3CCC3)c2C(C)=O)cc1. The molecule has 1 saturated carbocycles. The number of carbonyl (C=O) groups excluding carboxylic acids is 1. The first-order chi connectivity index (χ1) is 11.7. The van der Waals surface area contributed by atoms with Gasteiger partial charge >= 0.3 is 0 Å². The Bertz CT molecular complexity index is 702. The van der Waals surface area contributed by atoms with E-state index in [1.807, 2.05) is 42.5 Å². The zero-order valence-electron chi connectivity index (χ0n) is 14.1. The molecule has 0 spiro atoms.